The lowest BCUT2D eigenvalue weighted by Gasteiger charge is -2.27. The van der Waals surface area contributed by atoms with Crippen molar-refractivity contribution in [2.75, 3.05) is 5.32 Å². The largest absolute Gasteiger partial charge is 0.365 e. The number of fused-ring (bicyclic) bond motifs is 1. The summed E-state index contributed by atoms with van der Waals surface area (Å²) in [5.74, 6) is 0.889. The molecule has 0 amide bonds. The van der Waals surface area contributed by atoms with Gasteiger partial charge in [0.2, 0.25) is 0 Å². The Labute approximate surface area is 141 Å². The van der Waals surface area contributed by atoms with Crippen molar-refractivity contribution in [1.82, 2.24) is 14.5 Å². The van der Waals surface area contributed by atoms with E-state index < -0.39 is 0 Å². The summed E-state index contributed by atoms with van der Waals surface area (Å²) in [5.41, 5.74) is 9.33. The highest BCUT2D eigenvalue weighted by Crippen LogP contribution is 2.25. The molecule has 5 heteroatoms. The molecule has 3 aromatic rings. The maximum atomic E-state index is 6.00. The molecule has 1 aliphatic rings. The Bertz CT molecular complexity index is 803. The third-order valence-electron chi connectivity index (χ3n) is 4.85. The zero-order valence-corrected chi connectivity index (χ0v) is 13.7. The Balaban J connectivity index is 1.57. The third-order valence-corrected chi connectivity index (χ3v) is 4.85. The lowest BCUT2D eigenvalue weighted by atomic mass is 9.92. The maximum Gasteiger partial charge on any atom is 0.154 e. The summed E-state index contributed by atoms with van der Waals surface area (Å²) in [5, 5.41) is 3.58. The van der Waals surface area contributed by atoms with Gasteiger partial charge in [0.1, 0.15) is 5.52 Å². The molecule has 0 bridgehead atoms. The van der Waals surface area contributed by atoms with Gasteiger partial charge in [0, 0.05) is 24.8 Å². The Morgan fingerprint density at radius 2 is 1.83 bits per heavy atom. The Morgan fingerprint density at radius 3 is 2.62 bits per heavy atom. The molecule has 1 aromatic carbocycles. The van der Waals surface area contributed by atoms with E-state index in [2.05, 4.69) is 44.1 Å². The molecule has 5 nitrogen and oxygen atoms in total. The minimum absolute atomic E-state index is 0.358. The van der Waals surface area contributed by atoms with E-state index in [0.29, 0.717) is 12.1 Å². The molecule has 124 valence electrons. The van der Waals surface area contributed by atoms with Crippen molar-refractivity contribution in [3.05, 3.63) is 54.5 Å². The van der Waals surface area contributed by atoms with E-state index in [1.807, 2.05) is 24.7 Å². The minimum atomic E-state index is 0.358. The molecular weight excluding hydrogens is 298 g/mol. The number of hydrogen-bond acceptors (Lipinski definition) is 4. The first-order valence-corrected chi connectivity index (χ1v) is 8.65. The molecule has 1 aliphatic carbocycles. The highest BCUT2D eigenvalue weighted by Gasteiger charge is 2.20. The van der Waals surface area contributed by atoms with E-state index >= 15 is 0 Å². The maximum absolute atomic E-state index is 6.00. The van der Waals surface area contributed by atoms with Gasteiger partial charge in [-0.3, -0.25) is 0 Å². The van der Waals surface area contributed by atoms with Gasteiger partial charge in [0.05, 0.1) is 11.8 Å². The van der Waals surface area contributed by atoms with Crippen molar-refractivity contribution >= 4 is 16.9 Å². The van der Waals surface area contributed by atoms with E-state index in [-0.39, 0.29) is 0 Å². The predicted molar refractivity (Wildman–Crippen MR) is 96.9 cm³/mol. The molecule has 0 aliphatic heterocycles. The van der Waals surface area contributed by atoms with Gasteiger partial charge in [0.25, 0.3) is 0 Å². The number of pyridine rings is 1. The van der Waals surface area contributed by atoms with Crippen LogP contribution in [0.2, 0.25) is 0 Å². The SMILES string of the molecule is NC1CCC(Nc2nccc3c2ncn3Cc2ccccc2)CC1. The van der Waals surface area contributed by atoms with Gasteiger partial charge in [0.15, 0.2) is 5.82 Å². The Hall–Kier alpha value is -2.40. The summed E-state index contributed by atoms with van der Waals surface area (Å²) in [6, 6.07) is 13.3. The van der Waals surface area contributed by atoms with Gasteiger partial charge in [-0.1, -0.05) is 30.3 Å². The van der Waals surface area contributed by atoms with Crippen LogP contribution in [0.3, 0.4) is 0 Å². The first kappa shape index (κ1) is 15.1. The summed E-state index contributed by atoms with van der Waals surface area (Å²) >= 11 is 0. The zero-order valence-electron chi connectivity index (χ0n) is 13.7. The topological polar surface area (TPSA) is 68.8 Å². The predicted octanol–water partition coefficient (Wildman–Crippen LogP) is 3.16. The monoisotopic (exact) mass is 321 g/mol. The van der Waals surface area contributed by atoms with Crippen LogP contribution in [-0.2, 0) is 6.54 Å². The third kappa shape index (κ3) is 3.12. The molecule has 0 radical (unpaired) electrons. The van der Waals surface area contributed by atoms with E-state index in [1.54, 1.807) is 0 Å². The zero-order chi connectivity index (χ0) is 16.4. The summed E-state index contributed by atoms with van der Waals surface area (Å²) in [7, 11) is 0. The molecule has 2 aromatic heterocycles. The summed E-state index contributed by atoms with van der Waals surface area (Å²) in [4.78, 5) is 9.13. The van der Waals surface area contributed by atoms with Gasteiger partial charge < -0.3 is 15.6 Å². The Kier molecular flexibility index (Phi) is 4.17. The van der Waals surface area contributed by atoms with Crippen LogP contribution < -0.4 is 11.1 Å². The van der Waals surface area contributed by atoms with Crippen molar-refractivity contribution in [3.63, 3.8) is 0 Å². The standard InChI is InChI=1S/C19H23N5/c20-15-6-8-16(9-7-15)23-19-18-17(10-11-21-19)24(13-22-18)12-14-4-2-1-3-5-14/h1-5,10-11,13,15-16H,6-9,12,20H2,(H,21,23). The fourth-order valence-corrected chi connectivity index (χ4v) is 3.46. The van der Waals surface area contributed by atoms with Crippen LogP contribution in [0.5, 0.6) is 0 Å². The number of nitrogens with one attached hydrogen (secondary N) is 1. The van der Waals surface area contributed by atoms with Gasteiger partial charge in [-0.15, -0.1) is 0 Å². The van der Waals surface area contributed by atoms with E-state index in [9.17, 15) is 0 Å². The van der Waals surface area contributed by atoms with Crippen molar-refractivity contribution in [3.8, 4) is 0 Å². The summed E-state index contributed by atoms with van der Waals surface area (Å²) in [6.45, 7) is 0.819. The van der Waals surface area contributed by atoms with Gasteiger partial charge in [-0.2, -0.15) is 0 Å². The molecule has 0 spiro atoms. The fraction of sp³-hybridized carbons (Fsp3) is 0.368. The van der Waals surface area contributed by atoms with Gasteiger partial charge >= 0.3 is 0 Å². The van der Waals surface area contributed by atoms with Crippen LogP contribution in [0.4, 0.5) is 5.82 Å². The molecule has 0 atom stereocenters. The number of imidazole rings is 1. The van der Waals surface area contributed by atoms with Crippen LogP contribution >= 0.6 is 0 Å². The van der Waals surface area contributed by atoms with Crippen molar-refractivity contribution < 1.29 is 0 Å². The number of benzene rings is 1. The second-order valence-electron chi connectivity index (χ2n) is 6.64. The molecule has 1 saturated carbocycles. The fourth-order valence-electron chi connectivity index (χ4n) is 3.46. The average molecular weight is 321 g/mol. The van der Waals surface area contributed by atoms with Crippen LogP contribution in [0.1, 0.15) is 31.2 Å². The Morgan fingerprint density at radius 1 is 1.04 bits per heavy atom. The second kappa shape index (κ2) is 6.61. The lowest BCUT2D eigenvalue weighted by molar-refractivity contribution is 0.410. The van der Waals surface area contributed by atoms with Gasteiger partial charge in [-0.05, 0) is 37.3 Å². The number of anilines is 1. The van der Waals surface area contributed by atoms with Crippen molar-refractivity contribution in [2.45, 2.75) is 44.3 Å². The normalized spacial score (nSPS) is 21.0. The van der Waals surface area contributed by atoms with Crippen LogP contribution in [-0.4, -0.2) is 26.6 Å². The van der Waals surface area contributed by atoms with E-state index in [0.717, 1.165) is 49.1 Å². The van der Waals surface area contributed by atoms with Crippen LogP contribution in [0, 0.1) is 0 Å². The molecule has 0 unspecified atom stereocenters. The molecule has 4 rings (SSSR count). The van der Waals surface area contributed by atoms with E-state index in [4.69, 9.17) is 5.73 Å². The quantitative estimate of drug-likeness (QED) is 0.774. The average Bonchev–Trinajstić information content (AvgIpc) is 3.02. The molecule has 3 N–H and O–H groups in total. The molecule has 1 fully saturated rings. The number of nitrogens with two attached hydrogens (primary N) is 1. The second-order valence-corrected chi connectivity index (χ2v) is 6.64. The molecule has 24 heavy (non-hydrogen) atoms. The lowest BCUT2D eigenvalue weighted by Crippen LogP contribution is -2.33. The van der Waals surface area contributed by atoms with E-state index in [1.165, 1.54) is 5.56 Å². The first-order chi connectivity index (χ1) is 11.8. The summed E-state index contributed by atoms with van der Waals surface area (Å²) in [6.07, 6.45) is 8.13. The highest BCUT2D eigenvalue weighted by atomic mass is 15.1. The van der Waals surface area contributed by atoms with Crippen molar-refractivity contribution in [2.24, 2.45) is 5.73 Å². The molecule has 2 heterocycles. The smallest absolute Gasteiger partial charge is 0.154 e. The first-order valence-electron chi connectivity index (χ1n) is 8.65. The van der Waals surface area contributed by atoms with Crippen molar-refractivity contribution in [1.29, 1.82) is 0 Å². The minimum Gasteiger partial charge on any atom is -0.365 e. The number of rotatable bonds is 4. The highest BCUT2D eigenvalue weighted by molar-refractivity contribution is 5.86. The van der Waals surface area contributed by atoms with Gasteiger partial charge in [-0.25, -0.2) is 9.97 Å². The summed E-state index contributed by atoms with van der Waals surface area (Å²) < 4.78 is 2.17. The number of aromatic nitrogens is 3. The number of hydrogen-bond donors (Lipinski definition) is 2. The molecule has 0 saturated heterocycles. The van der Waals surface area contributed by atoms with Crippen LogP contribution in [0.25, 0.3) is 11.0 Å². The number of nitrogens with zero attached hydrogens (tertiary/aromatic N) is 3. The van der Waals surface area contributed by atoms with Crippen LogP contribution in [0.15, 0.2) is 48.9 Å². The molecular formula is C19H23N5.